The molecule has 0 saturated heterocycles. The van der Waals surface area contributed by atoms with Crippen molar-refractivity contribution in [2.75, 3.05) is 13.2 Å². The van der Waals surface area contributed by atoms with E-state index in [0.29, 0.717) is 34.2 Å². The van der Waals surface area contributed by atoms with E-state index in [2.05, 4.69) is 47.2 Å². The van der Waals surface area contributed by atoms with Gasteiger partial charge in [0.25, 0.3) is 8.38 Å². The highest BCUT2D eigenvalue weighted by Crippen LogP contribution is 2.40. The van der Waals surface area contributed by atoms with E-state index in [0.717, 1.165) is 0 Å². The summed E-state index contributed by atoms with van der Waals surface area (Å²) in [6, 6.07) is 0. The zero-order chi connectivity index (χ0) is 16.3. The second-order valence-corrected chi connectivity index (χ2v) is 12.9. The van der Waals surface area contributed by atoms with E-state index in [1.807, 2.05) is 43.2 Å². The molecule has 0 radical (unpaired) electrons. The highest BCUT2D eigenvalue weighted by atomic mass is 33.1. The van der Waals surface area contributed by atoms with Crippen molar-refractivity contribution < 1.29 is 9.05 Å². The van der Waals surface area contributed by atoms with Crippen molar-refractivity contribution in [1.29, 1.82) is 0 Å². The lowest BCUT2D eigenvalue weighted by molar-refractivity contribution is 0.262. The summed E-state index contributed by atoms with van der Waals surface area (Å²) in [6.45, 7) is 14.4. The van der Waals surface area contributed by atoms with Crippen molar-refractivity contribution >= 4 is 51.6 Å². The van der Waals surface area contributed by atoms with Crippen LogP contribution in [0.2, 0.25) is 0 Å². The van der Waals surface area contributed by atoms with Crippen LogP contribution in [0.25, 0.3) is 0 Å². The minimum atomic E-state index is -1.19. The molecule has 2 atom stereocenters. The number of hydrogen-bond acceptors (Lipinski definition) is 6. The van der Waals surface area contributed by atoms with E-state index in [1.165, 1.54) is 0 Å². The van der Waals surface area contributed by atoms with Gasteiger partial charge in [0.1, 0.15) is 0 Å². The molecule has 0 heterocycles. The summed E-state index contributed by atoms with van der Waals surface area (Å²) >= 11 is 0. The van der Waals surface area contributed by atoms with Crippen molar-refractivity contribution in [3.05, 3.63) is 0 Å². The van der Waals surface area contributed by atoms with Crippen LogP contribution in [0.4, 0.5) is 0 Å². The average Bonchev–Trinajstić information content (AvgIpc) is 2.42. The normalized spacial score (nSPS) is 16.0. The van der Waals surface area contributed by atoms with E-state index in [1.54, 1.807) is 0 Å². The Morgan fingerprint density at radius 3 is 1.48 bits per heavy atom. The summed E-state index contributed by atoms with van der Waals surface area (Å²) in [5.41, 5.74) is 2.63. The largest absolute Gasteiger partial charge is 0.323 e. The molecule has 0 spiro atoms. The van der Waals surface area contributed by atoms with E-state index in [9.17, 15) is 0 Å². The Kier molecular flexibility index (Phi) is 14.6. The minimum absolute atomic E-state index is 0.419. The van der Waals surface area contributed by atoms with E-state index in [4.69, 9.17) is 15.5 Å². The van der Waals surface area contributed by atoms with E-state index >= 15 is 0 Å². The molecular weight excluding hydrogens is 359 g/mol. The molecule has 0 saturated carbocycles. The van der Waals surface area contributed by atoms with E-state index < -0.39 is 8.38 Å². The van der Waals surface area contributed by atoms with Crippen LogP contribution in [-0.2, 0) is 9.05 Å². The fourth-order valence-electron chi connectivity index (χ4n) is 0.925. The van der Waals surface area contributed by atoms with Gasteiger partial charge in [0.15, 0.2) is 0 Å². The first-order chi connectivity index (χ1) is 9.85. The van der Waals surface area contributed by atoms with Gasteiger partial charge in [0.05, 0.1) is 13.2 Å². The molecule has 0 aliphatic rings. The van der Waals surface area contributed by atoms with Crippen LogP contribution >= 0.6 is 51.6 Å². The van der Waals surface area contributed by atoms with Gasteiger partial charge in [-0.25, -0.2) is 0 Å². The Morgan fingerprint density at radius 2 is 1.19 bits per heavy atom. The third-order valence-corrected chi connectivity index (χ3v) is 9.63. The van der Waals surface area contributed by atoms with Crippen LogP contribution in [0.5, 0.6) is 0 Å². The van der Waals surface area contributed by atoms with Gasteiger partial charge < -0.3 is 9.05 Å². The summed E-state index contributed by atoms with van der Waals surface area (Å²) in [4.78, 5) is 0. The summed E-state index contributed by atoms with van der Waals surface area (Å²) in [6.07, 6.45) is 5.49. The number of hydrogen-bond donors (Lipinski definition) is 0. The highest BCUT2D eigenvalue weighted by Gasteiger charge is 2.14. The zero-order valence-electron chi connectivity index (χ0n) is 13.7. The number of rotatable bonds is 12. The average molecular weight is 387 g/mol. The molecule has 2 nitrogen and oxygen atoms in total. The maximum absolute atomic E-state index is 5.72. The Morgan fingerprint density at radius 1 is 0.810 bits per heavy atom. The summed E-state index contributed by atoms with van der Waals surface area (Å²) in [5.74, 6) is 0. The van der Waals surface area contributed by atoms with Crippen LogP contribution in [0, 0.1) is 12.1 Å². The Labute approximate surface area is 148 Å². The lowest BCUT2D eigenvalue weighted by Crippen LogP contribution is -2.08. The SMILES string of the molecule is C#CP(OCC(C)SSC(C)C)OCC(C)SSC(C)C. The van der Waals surface area contributed by atoms with Crippen molar-refractivity contribution in [3.63, 3.8) is 0 Å². The van der Waals surface area contributed by atoms with Gasteiger partial charge in [-0.1, -0.05) is 84.7 Å². The topological polar surface area (TPSA) is 18.5 Å². The monoisotopic (exact) mass is 386 g/mol. The van der Waals surface area contributed by atoms with Gasteiger partial charge in [-0.15, -0.1) is 6.42 Å². The van der Waals surface area contributed by atoms with Crippen molar-refractivity contribution in [2.45, 2.75) is 62.5 Å². The summed E-state index contributed by atoms with van der Waals surface area (Å²) in [7, 11) is 6.24. The molecule has 21 heavy (non-hydrogen) atoms. The van der Waals surface area contributed by atoms with Gasteiger partial charge in [-0.05, 0) is 5.66 Å². The molecule has 0 aliphatic heterocycles. The van der Waals surface area contributed by atoms with Crippen molar-refractivity contribution in [1.82, 2.24) is 0 Å². The molecular formula is C14H27O2PS4. The molecule has 7 heteroatoms. The summed E-state index contributed by atoms with van der Waals surface area (Å²) in [5, 5.41) is 2.09. The molecule has 0 bridgehead atoms. The molecule has 0 aromatic heterocycles. The standard InChI is InChI=1S/C14H27O2PS4/c1-8-17(15-9-13(6)20-18-11(2)3)16-10-14(7)21-19-12(4)5/h1,11-14H,9-10H2,2-7H3. The number of terminal acetylenes is 1. The maximum atomic E-state index is 5.72. The first-order valence-electron chi connectivity index (χ1n) is 7.01. The first kappa shape index (κ1) is 22.3. The molecule has 0 fully saturated rings. The van der Waals surface area contributed by atoms with Gasteiger partial charge in [0.2, 0.25) is 0 Å². The van der Waals surface area contributed by atoms with Gasteiger partial charge in [-0.3, -0.25) is 0 Å². The van der Waals surface area contributed by atoms with Gasteiger partial charge >= 0.3 is 0 Å². The van der Waals surface area contributed by atoms with Crippen LogP contribution in [0.3, 0.4) is 0 Å². The first-order valence-corrected chi connectivity index (χ1v) is 12.7. The molecule has 124 valence electrons. The summed E-state index contributed by atoms with van der Waals surface area (Å²) < 4.78 is 11.4. The second kappa shape index (κ2) is 13.7. The van der Waals surface area contributed by atoms with Crippen LogP contribution in [0.15, 0.2) is 0 Å². The molecule has 2 unspecified atom stereocenters. The fourth-order valence-corrected chi connectivity index (χ4v) is 5.94. The third-order valence-electron chi connectivity index (χ3n) is 1.78. The maximum Gasteiger partial charge on any atom is 0.256 e. The predicted octanol–water partition coefficient (Wildman–Crippen LogP) is 6.28. The van der Waals surface area contributed by atoms with Crippen LogP contribution < -0.4 is 0 Å². The van der Waals surface area contributed by atoms with Gasteiger partial charge in [0, 0.05) is 21.0 Å². The highest BCUT2D eigenvalue weighted by molar-refractivity contribution is 8.77. The lowest BCUT2D eigenvalue weighted by Gasteiger charge is -2.18. The van der Waals surface area contributed by atoms with Crippen molar-refractivity contribution in [3.8, 4) is 12.1 Å². The lowest BCUT2D eigenvalue weighted by atomic mass is 10.5. The fraction of sp³-hybridized carbons (Fsp3) is 0.857. The zero-order valence-corrected chi connectivity index (χ0v) is 17.9. The molecule has 0 rings (SSSR count). The molecule has 0 aromatic rings. The smallest absolute Gasteiger partial charge is 0.256 e. The molecule has 0 amide bonds. The predicted molar refractivity (Wildman–Crippen MR) is 107 cm³/mol. The van der Waals surface area contributed by atoms with E-state index in [-0.39, 0.29) is 0 Å². The Hall–Kier alpha value is 1.31. The second-order valence-electron chi connectivity index (χ2n) is 5.08. The van der Waals surface area contributed by atoms with Crippen molar-refractivity contribution in [2.24, 2.45) is 0 Å². The third kappa shape index (κ3) is 14.6. The minimum Gasteiger partial charge on any atom is -0.323 e. The quantitative estimate of drug-likeness (QED) is 0.222. The Balaban J connectivity index is 3.83. The van der Waals surface area contributed by atoms with Crippen LogP contribution in [-0.4, -0.2) is 34.2 Å². The molecule has 0 N–H and O–H groups in total. The van der Waals surface area contributed by atoms with Gasteiger partial charge in [-0.2, -0.15) is 0 Å². The molecule has 0 aromatic carbocycles. The molecule has 0 aliphatic carbocycles. The Bertz CT molecular complexity index is 275. The van der Waals surface area contributed by atoms with Crippen LogP contribution in [0.1, 0.15) is 41.5 Å².